The molecular formula is C14H18BrN. The Bertz CT molecular complexity index is 351. The number of alkyl halides is 1. The Hall–Kier alpha value is -0.340. The Balaban J connectivity index is 1.57. The van der Waals surface area contributed by atoms with Crippen molar-refractivity contribution in [1.82, 2.24) is 4.90 Å². The molecule has 86 valence electrons. The number of rotatable bonds is 3. The second-order valence-electron chi connectivity index (χ2n) is 5.08. The molecular weight excluding hydrogens is 262 g/mol. The van der Waals surface area contributed by atoms with Crippen molar-refractivity contribution in [2.45, 2.75) is 30.1 Å². The van der Waals surface area contributed by atoms with Crippen molar-refractivity contribution in [2.75, 3.05) is 13.1 Å². The number of piperidine rings is 1. The molecule has 2 bridgehead atoms. The van der Waals surface area contributed by atoms with E-state index in [9.17, 15) is 0 Å². The van der Waals surface area contributed by atoms with Gasteiger partial charge in [-0.3, -0.25) is 4.90 Å². The van der Waals surface area contributed by atoms with Crippen LogP contribution in [0.5, 0.6) is 0 Å². The third kappa shape index (κ3) is 1.93. The zero-order valence-electron chi connectivity index (χ0n) is 9.48. The van der Waals surface area contributed by atoms with Gasteiger partial charge in [-0.2, -0.15) is 0 Å². The van der Waals surface area contributed by atoms with Gasteiger partial charge in [0.2, 0.25) is 0 Å². The van der Waals surface area contributed by atoms with Crippen LogP contribution in [0, 0.1) is 5.92 Å². The molecule has 0 amide bonds. The van der Waals surface area contributed by atoms with Gasteiger partial charge in [0, 0.05) is 24.0 Å². The van der Waals surface area contributed by atoms with Crippen molar-refractivity contribution >= 4 is 15.9 Å². The summed E-state index contributed by atoms with van der Waals surface area (Å²) in [4.78, 5) is 3.45. The maximum atomic E-state index is 3.86. The first-order valence-electron chi connectivity index (χ1n) is 6.26. The lowest BCUT2D eigenvalue weighted by Crippen LogP contribution is -2.35. The summed E-state index contributed by atoms with van der Waals surface area (Å²) in [5.41, 5.74) is 1.47. The van der Waals surface area contributed by atoms with E-state index in [0.29, 0.717) is 0 Å². The minimum Gasteiger partial charge on any atom is -0.299 e. The largest absolute Gasteiger partial charge is 0.299 e. The molecule has 1 saturated heterocycles. The fourth-order valence-electron chi connectivity index (χ4n) is 3.20. The van der Waals surface area contributed by atoms with Crippen LogP contribution in [0.4, 0.5) is 0 Å². The zero-order chi connectivity index (χ0) is 11.0. The highest BCUT2D eigenvalue weighted by Gasteiger charge is 2.44. The Morgan fingerprint density at radius 1 is 1.19 bits per heavy atom. The summed E-state index contributed by atoms with van der Waals surface area (Å²) < 4.78 is 0. The second-order valence-corrected chi connectivity index (χ2v) is 6.14. The van der Waals surface area contributed by atoms with Crippen LogP contribution in [0.1, 0.15) is 18.4 Å². The molecule has 0 spiro atoms. The summed E-state index contributed by atoms with van der Waals surface area (Å²) in [6, 6.07) is 11.7. The number of hydrogen-bond donors (Lipinski definition) is 0. The maximum Gasteiger partial charge on any atom is 0.0341 e. The Labute approximate surface area is 106 Å². The SMILES string of the molecule is BrC1C2CCC1N(CCc1ccccc1)C2. The minimum absolute atomic E-state index is 0.767. The smallest absolute Gasteiger partial charge is 0.0341 e. The van der Waals surface area contributed by atoms with Gasteiger partial charge in [0.15, 0.2) is 0 Å². The van der Waals surface area contributed by atoms with E-state index in [0.717, 1.165) is 16.8 Å². The van der Waals surface area contributed by atoms with E-state index in [1.165, 1.54) is 37.9 Å². The lowest BCUT2D eigenvalue weighted by atomic mass is 10.1. The van der Waals surface area contributed by atoms with Crippen molar-refractivity contribution in [3.05, 3.63) is 35.9 Å². The van der Waals surface area contributed by atoms with Gasteiger partial charge in [-0.15, -0.1) is 0 Å². The van der Waals surface area contributed by atoms with Crippen LogP contribution in [0.25, 0.3) is 0 Å². The summed E-state index contributed by atoms with van der Waals surface area (Å²) in [6.45, 7) is 2.54. The number of fused-ring (bicyclic) bond motifs is 2. The second kappa shape index (κ2) is 4.50. The monoisotopic (exact) mass is 279 g/mol. The first-order chi connectivity index (χ1) is 7.84. The average Bonchev–Trinajstić information content (AvgIpc) is 2.84. The van der Waals surface area contributed by atoms with Gasteiger partial charge in [-0.1, -0.05) is 46.3 Å². The molecule has 3 atom stereocenters. The molecule has 3 unspecified atom stereocenters. The molecule has 2 fully saturated rings. The number of nitrogens with zero attached hydrogens (tertiary/aromatic N) is 1. The van der Waals surface area contributed by atoms with E-state index in [4.69, 9.17) is 0 Å². The summed E-state index contributed by atoms with van der Waals surface area (Å²) in [7, 11) is 0. The quantitative estimate of drug-likeness (QED) is 0.769. The number of benzene rings is 1. The Morgan fingerprint density at radius 2 is 2.00 bits per heavy atom. The molecule has 2 heteroatoms. The predicted molar refractivity (Wildman–Crippen MR) is 70.9 cm³/mol. The Kier molecular flexibility index (Phi) is 3.03. The van der Waals surface area contributed by atoms with Gasteiger partial charge in [0.05, 0.1) is 0 Å². The fourth-order valence-corrected chi connectivity index (χ4v) is 4.23. The molecule has 0 radical (unpaired) electrons. The van der Waals surface area contributed by atoms with E-state index in [1.807, 2.05) is 0 Å². The highest BCUT2D eigenvalue weighted by molar-refractivity contribution is 9.09. The van der Waals surface area contributed by atoms with E-state index < -0.39 is 0 Å². The van der Waals surface area contributed by atoms with E-state index in [-0.39, 0.29) is 0 Å². The third-order valence-electron chi connectivity index (χ3n) is 4.12. The fraction of sp³-hybridized carbons (Fsp3) is 0.571. The molecule has 1 aromatic rings. The molecule has 16 heavy (non-hydrogen) atoms. The topological polar surface area (TPSA) is 3.24 Å². The lowest BCUT2D eigenvalue weighted by Gasteiger charge is -2.26. The summed E-state index contributed by atoms with van der Waals surface area (Å²) in [6.07, 6.45) is 4.03. The first-order valence-corrected chi connectivity index (χ1v) is 7.18. The van der Waals surface area contributed by atoms with E-state index >= 15 is 0 Å². The van der Waals surface area contributed by atoms with Crippen LogP contribution < -0.4 is 0 Å². The number of halogens is 1. The molecule has 1 nitrogen and oxygen atoms in total. The van der Waals surface area contributed by atoms with Crippen LogP contribution >= 0.6 is 15.9 Å². The number of likely N-dealkylation sites (tertiary alicyclic amines) is 1. The highest BCUT2D eigenvalue weighted by atomic mass is 79.9. The molecule has 1 saturated carbocycles. The first kappa shape index (κ1) is 10.8. The van der Waals surface area contributed by atoms with Crippen molar-refractivity contribution < 1.29 is 0 Å². The normalized spacial score (nSPS) is 33.4. The minimum atomic E-state index is 0.767. The molecule has 1 aromatic carbocycles. The van der Waals surface area contributed by atoms with Crippen LogP contribution in [0.2, 0.25) is 0 Å². The predicted octanol–water partition coefficient (Wildman–Crippen LogP) is 3.09. The maximum absolute atomic E-state index is 3.86. The molecule has 0 aromatic heterocycles. The lowest BCUT2D eigenvalue weighted by molar-refractivity contribution is 0.217. The molecule has 1 heterocycles. The van der Waals surface area contributed by atoms with Gasteiger partial charge in [0.25, 0.3) is 0 Å². The molecule has 1 aliphatic heterocycles. The van der Waals surface area contributed by atoms with Gasteiger partial charge < -0.3 is 0 Å². The van der Waals surface area contributed by atoms with Gasteiger partial charge in [-0.05, 0) is 30.7 Å². The Morgan fingerprint density at radius 3 is 2.62 bits per heavy atom. The summed E-state index contributed by atoms with van der Waals surface area (Å²) >= 11 is 3.86. The molecule has 1 aliphatic carbocycles. The molecule has 0 N–H and O–H groups in total. The standard InChI is InChI=1S/C14H18BrN/c15-14-12-6-7-13(14)16(10-12)9-8-11-4-2-1-3-5-11/h1-5,12-14H,6-10H2. The summed E-state index contributed by atoms with van der Waals surface area (Å²) in [5, 5.41) is 0. The van der Waals surface area contributed by atoms with Gasteiger partial charge in [-0.25, -0.2) is 0 Å². The van der Waals surface area contributed by atoms with Crippen molar-refractivity contribution in [2.24, 2.45) is 5.92 Å². The third-order valence-corrected chi connectivity index (χ3v) is 5.48. The number of hydrogen-bond acceptors (Lipinski definition) is 1. The molecule has 3 rings (SSSR count). The zero-order valence-corrected chi connectivity index (χ0v) is 11.1. The van der Waals surface area contributed by atoms with Crippen LogP contribution in [-0.2, 0) is 6.42 Å². The van der Waals surface area contributed by atoms with Crippen LogP contribution in [-0.4, -0.2) is 28.9 Å². The van der Waals surface area contributed by atoms with E-state index in [1.54, 1.807) is 0 Å². The van der Waals surface area contributed by atoms with Crippen molar-refractivity contribution in [3.63, 3.8) is 0 Å². The van der Waals surface area contributed by atoms with Gasteiger partial charge in [0.1, 0.15) is 0 Å². The van der Waals surface area contributed by atoms with Gasteiger partial charge >= 0.3 is 0 Å². The van der Waals surface area contributed by atoms with Crippen molar-refractivity contribution in [3.8, 4) is 0 Å². The average molecular weight is 280 g/mol. The highest BCUT2D eigenvalue weighted by Crippen LogP contribution is 2.42. The molecule has 2 aliphatic rings. The van der Waals surface area contributed by atoms with Crippen LogP contribution in [0.15, 0.2) is 30.3 Å². The summed E-state index contributed by atoms with van der Waals surface area (Å²) in [5.74, 6) is 0.917. The van der Waals surface area contributed by atoms with Crippen LogP contribution in [0.3, 0.4) is 0 Å². The van der Waals surface area contributed by atoms with Crippen molar-refractivity contribution in [1.29, 1.82) is 0 Å². The van der Waals surface area contributed by atoms with E-state index in [2.05, 4.69) is 51.2 Å².